The summed E-state index contributed by atoms with van der Waals surface area (Å²) in [5.74, 6) is 2.93. The number of hydrogen-bond donors (Lipinski definition) is 0. The second kappa shape index (κ2) is 4.59. The van der Waals surface area contributed by atoms with Gasteiger partial charge in [0.15, 0.2) is 5.78 Å². The summed E-state index contributed by atoms with van der Waals surface area (Å²) >= 11 is 0. The highest BCUT2D eigenvalue weighted by Gasteiger charge is 2.67. The molecule has 0 aromatic heterocycles. The number of hydrogen-bond acceptors (Lipinski definition) is 3. The SMILES string of the molecule is COc1ccccc1C(C#N)C(=O)C1C2C3CCC(C3)C12. The molecule has 1 aromatic carbocycles. The molecule has 0 saturated heterocycles. The summed E-state index contributed by atoms with van der Waals surface area (Å²) in [6.07, 6.45) is 3.91. The zero-order valence-electron chi connectivity index (χ0n) is 12.2. The van der Waals surface area contributed by atoms with E-state index in [1.165, 1.54) is 19.3 Å². The minimum Gasteiger partial charge on any atom is -0.496 e. The first-order valence-electron chi connectivity index (χ1n) is 7.82. The Morgan fingerprint density at radius 3 is 2.57 bits per heavy atom. The maximum absolute atomic E-state index is 12.9. The van der Waals surface area contributed by atoms with Crippen LogP contribution in [0.3, 0.4) is 0 Å². The van der Waals surface area contributed by atoms with E-state index in [1.807, 2.05) is 24.3 Å². The largest absolute Gasteiger partial charge is 0.496 e. The van der Waals surface area contributed by atoms with Crippen molar-refractivity contribution in [2.24, 2.45) is 29.6 Å². The predicted octanol–water partition coefficient (Wildman–Crippen LogP) is 3.16. The maximum atomic E-state index is 12.9. The van der Waals surface area contributed by atoms with Crippen molar-refractivity contribution in [1.29, 1.82) is 5.26 Å². The fourth-order valence-electron chi connectivity index (χ4n) is 5.09. The molecule has 108 valence electrons. The molecule has 3 nitrogen and oxygen atoms in total. The molecule has 0 amide bonds. The number of carbonyl (C=O) groups is 1. The summed E-state index contributed by atoms with van der Waals surface area (Å²) in [6, 6.07) is 9.63. The van der Waals surface area contributed by atoms with Gasteiger partial charge in [-0.05, 0) is 49.0 Å². The van der Waals surface area contributed by atoms with E-state index in [2.05, 4.69) is 6.07 Å². The van der Waals surface area contributed by atoms with Gasteiger partial charge in [0.05, 0.1) is 13.2 Å². The Hall–Kier alpha value is -1.82. The normalized spacial score (nSPS) is 36.7. The Morgan fingerprint density at radius 1 is 1.29 bits per heavy atom. The molecule has 3 saturated carbocycles. The number of benzene rings is 1. The van der Waals surface area contributed by atoms with Gasteiger partial charge >= 0.3 is 0 Å². The highest BCUT2D eigenvalue weighted by molar-refractivity contribution is 5.93. The zero-order valence-corrected chi connectivity index (χ0v) is 12.2. The van der Waals surface area contributed by atoms with Gasteiger partial charge in [-0.2, -0.15) is 5.26 Å². The minimum absolute atomic E-state index is 0.133. The summed E-state index contributed by atoms with van der Waals surface area (Å²) < 4.78 is 5.32. The second-order valence-electron chi connectivity index (χ2n) is 6.72. The lowest BCUT2D eigenvalue weighted by molar-refractivity contribution is -0.121. The molecule has 5 unspecified atom stereocenters. The van der Waals surface area contributed by atoms with Crippen molar-refractivity contribution in [3.8, 4) is 11.8 Å². The van der Waals surface area contributed by atoms with Crippen LogP contribution in [0, 0.1) is 40.9 Å². The van der Waals surface area contributed by atoms with Gasteiger partial charge in [-0.25, -0.2) is 0 Å². The number of ketones is 1. The second-order valence-corrected chi connectivity index (χ2v) is 6.72. The van der Waals surface area contributed by atoms with E-state index >= 15 is 0 Å². The van der Waals surface area contributed by atoms with Crippen LogP contribution in [0.4, 0.5) is 0 Å². The minimum atomic E-state index is -0.670. The van der Waals surface area contributed by atoms with Crippen LogP contribution in [0.5, 0.6) is 5.75 Å². The number of para-hydroxylation sites is 1. The van der Waals surface area contributed by atoms with Gasteiger partial charge in [-0.3, -0.25) is 4.79 Å². The predicted molar refractivity (Wildman–Crippen MR) is 77.7 cm³/mol. The Labute approximate surface area is 124 Å². The van der Waals surface area contributed by atoms with Crippen LogP contribution in [0.15, 0.2) is 24.3 Å². The van der Waals surface area contributed by atoms with Crippen LogP contribution in [0.2, 0.25) is 0 Å². The molecule has 0 radical (unpaired) electrons. The van der Waals surface area contributed by atoms with E-state index < -0.39 is 5.92 Å². The van der Waals surface area contributed by atoms with Crippen LogP contribution in [0.1, 0.15) is 30.7 Å². The molecule has 1 aromatic rings. The number of carbonyl (C=O) groups excluding carboxylic acids is 1. The number of nitriles is 1. The van der Waals surface area contributed by atoms with E-state index in [1.54, 1.807) is 7.11 Å². The summed E-state index contributed by atoms with van der Waals surface area (Å²) in [4.78, 5) is 12.9. The lowest BCUT2D eigenvalue weighted by Gasteiger charge is -2.14. The van der Waals surface area contributed by atoms with Gasteiger partial charge in [0.2, 0.25) is 0 Å². The highest BCUT2D eigenvalue weighted by Crippen LogP contribution is 2.70. The lowest BCUT2D eigenvalue weighted by Crippen LogP contribution is -2.18. The molecule has 0 N–H and O–H groups in total. The third-order valence-corrected chi connectivity index (χ3v) is 5.93. The fourth-order valence-corrected chi connectivity index (χ4v) is 5.09. The molecule has 4 rings (SSSR count). The van der Waals surface area contributed by atoms with Crippen molar-refractivity contribution in [2.45, 2.75) is 25.2 Å². The van der Waals surface area contributed by atoms with Crippen molar-refractivity contribution in [1.82, 2.24) is 0 Å². The van der Waals surface area contributed by atoms with Gasteiger partial charge in [0, 0.05) is 11.5 Å². The van der Waals surface area contributed by atoms with E-state index in [-0.39, 0.29) is 11.7 Å². The first-order valence-corrected chi connectivity index (χ1v) is 7.82. The monoisotopic (exact) mass is 281 g/mol. The first kappa shape index (κ1) is 12.9. The van der Waals surface area contributed by atoms with Crippen molar-refractivity contribution in [3.63, 3.8) is 0 Å². The molecule has 0 aliphatic heterocycles. The van der Waals surface area contributed by atoms with Crippen LogP contribution in [-0.4, -0.2) is 12.9 Å². The van der Waals surface area contributed by atoms with E-state index in [4.69, 9.17) is 4.74 Å². The molecule has 3 aliphatic rings. The third-order valence-electron chi connectivity index (χ3n) is 5.93. The molecular formula is C18H19NO2. The highest BCUT2D eigenvalue weighted by atomic mass is 16.5. The van der Waals surface area contributed by atoms with Crippen molar-refractivity contribution < 1.29 is 9.53 Å². The van der Waals surface area contributed by atoms with Gasteiger partial charge in [-0.1, -0.05) is 18.2 Å². The van der Waals surface area contributed by atoms with Gasteiger partial charge in [0.1, 0.15) is 11.7 Å². The van der Waals surface area contributed by atoms with E-state index in [0.29, 0.717) is 17.6 Å². The number of Topliss-reactive ketones (excluding diaryl/α,β-unsaturated/α-hetero) is 1. The molecule has 2 bridgehead atoms. The summed E-state index contributed by atoms with van der Waals surface area (Å²) in [5, 5.41) is 9.53. The molecule has 21 heavy (non-hydrogen) atoms. The average molecular weight is 281 g/mol. The Kier molecular flexibility index (Phi) is 2.82. The number of nitrogens with zero attached hydrogens (tertiary/aromatic N) is 1. The lowest BCUT2D eigenvalue weighted by atomic mass is 9.88. The number of rotatable bonds is 4. The zero-order chi connectivity index (χ0) is 14.6. The maximum Gasteiger partial charge on any atom is 0.158 e. The van der Waals surface area contributed by atoms with Gasteiger partial charge in [0.25, 0.3) is 0 Å². The Bertz CT molecular complexity index is 616. The van der Waals surface area contributed by atoms with Crippen LogP contribution in [0.25, 0.3) is 0 Å². The summed E-state index contributed by atoms with van der Waals surface area (Å²) in [5.41, 5.74) is 0.727. The van der Waals surface area contributed by atoms with Crippen LogP contribution < -0.4 is 4.74 Å². The molecule has 3 heteroatoms. The Morgan fingerprint density at radius 2 is 1.95 bits per heavy atom. The van der Waals surface area contributed by atoms with Crippen molar-refractivity contribution in [3.05, 3.63) is 29.8 Å². The van der Waals surface area contributed by atoms with E-state index in [9.17, 15) is 10.1 Å². The number of methoxy groups -OCH3 is 1. The molecule has 5 atom stereocenters. The fraction of sp³-hybridized carbons (Fsp3) is 0.556. The molecule has 3 aliphatic carbocycles. The standard InChI is InChI=1S/C18H19NO2/c1-21-14-5-3-2-4-12(14)13(9-19)18(20)17-15-10-6-7-11(8-10)16(15)17/h2-5,10-11,13,15-17H,6-8H2,1H3. The van der Waals surface area contributed by atoms with Crippen molar-refractivity contribution in [2.75, 3.05) is 7.11 Å². The van der Waals surface area contributed by atoms with Gasteiger partial charge in [-0.15, -0.1) is 0 Å². The van der Waals surface area contributed by atoms with E-state index in [0.717, 1.165) is 17.4 Å². The number of ether oxygens (including phenoxy) is 1. The van der Waals surface area contributed by atoms with Gasteiger partial charge < -0.3 is 4.74 Å². The molecule has 0 heterocycles. The Balaban J connectivity index is 1.60. The van der Waals surface area contributed by atoms with Crippen molar-refractivity contribution >= 4 is 5.78 Å². The third kappa shape index (κ3) is 1.75. The van der Waals surface area contributed by atoms with Crippen LogP contribution >= 0.6 is 0 Å². The quantitative estimate of drug-likeness (QED) is 0.851. The first-order chi connectivity index (χ1) is 10.3. The smallest absolute Gasteiger partial charge is 0.158 e. The van der Waals surface area contributed by atoms with Crippen LogP contribution in [-0.2, 0) is 4.79 Å². The molecule has 3 fully saturated rings. The molecule has 0 spiro atoms. The molecular weight excluding hydrogens is 262 g/mol. The number of fused-ring (bicyclic) bond motifs is 5. The summed E-state index contributed by atoms with van der Waals surface area (Å²) in [6.45, 7) is 0. The topological polar surface area (TPSA) is 50.1 Å². The average Bonchev–Trinajstić information content (AvgIpc) is 2.96. The summed E-state index contributed by atoms with van der Waals surface area (Å²) in [7, 11) is 1.59.